The second-order valence-corrected chi connectivity index (χ2v) is 2.59. The summed E-state index contributed by atoms with van der Waals surface area (Å²) in [5, 5.41) is 11.3. The fraction of sp³-hybridized carbons (Fsp3) is 0.125. The Morgan fingerprint density at radius 2 is 2.31 bits per heavy atom. The molecular formula is C8H6FNO3. The summed E-state index contributed by atoms with van der Waals surface area (Å²) >= 11 is 0. The third-order valence-corrected chi connectivity index (χ3v) is 1.74. The van der Waals surface area contributed by atoms with E-state index in [0.717, 1.165) is 0 Å². The highest BCUT2D eigenvalue weighted by atomic mass is 19.1. The lowest BCUT2D eigenvalue weighted by atomic mass is 10.1. The lowest BCUT2D eigenvalue weighted by Gasteiger charge is -2.21. The molecule has 0 fully saturated rings. The molecule has 2 rings (SSSR count). The highest BCUT2D eigenvalue weighted by Crippen LogP contribution is 2.29. The lowest BCUT2D eigenvalue weighted by Crippen LogP contribution is -2.36. The normalized spacial score (nSPS) is 20.2. The van der Waals surface area contributed by atoms with Gasteiger partial charge in [-0.3, -0.25) is 5.32 Å². The van der Waals surface area contributed by atoms with Crippen LogP contribution in [0.4, 0.5) is 9.18 Å². The van der Waals surface area contributed by atoms with Crippen LogP contribution in [0, 0.1) is 5.82 Å². The van der Waals surface area contributed by atoms with Crippen molar-refractivity contribution >= 4 is 6.09 Å². The standard InChI is InChI=1S/C8H6FNO3/c9-4-2-1-3-5-6(4)7(11)10-8(12)13-5/h1-3,7,11H,(H,10,12)/t7-/m1/s1. The first-order valence-corrected chi connectivity index (χ1v) is 3.63. The summed E-state index contributed by atoms with van der Waals surface area (Å²) < 4.78 is 17.7. The molecule has 1 aromatic carbocycles. The van der Waals surface area contributed by atoms with Gasteiger partial charge in [-0.1, -0.05) is 6.07 Å². The van der Waals surface area contributed by atoms with Crippen molar-refractivity contribution in [1.82, 2.24) is 5.32 Å². The molecule has 0 spiro atoms. The maximum atomic E-state index is 13.1. The largest absolute Gasteiger partial charge is 0.414 e. The Bertz CT molecular complexity index is 366. The topological polar surface area (TPSA) is 58.6 Å². The molecule has 0 saturated heterocycles. The highest BCUT2D eigenvalue weighted by molar-refractivity contribution is 5.73. The number of amides is 1. The Labute approximate surface area is 72.9 Å². The van der Waals surface area contributed by atoms with Gasteiger partial charge >= 0.3 is 6.09 Å². The van der Waals surface area contributed by atoms with E-state index in [1.165, 1.54) is 18.2 Å². The zero-order chi connectivity index (χ0) is 9.42. The average Bonchev–Trinajstić information content (AvgIpc) is 2.02. The van der Waals surface area contributed by atoms with Gasteiger partial charge < -0.3 is 9.84 Å². The van der Waals surface area contributed by atoms with Crippen LogP contribution in [-0.2, 0) is 0 Å². The van der Waals surface area contributed by atoms with Gasteiger partial charge in [0.05, 0.1) is 5.56 Å². The fourth-order valence-electron chi connectivity index (χ4n) is 1.18. The van der Waals surface area contributed by atoms with Gasteiger partial charge in [-0.15, -0.1) is 0 Å². The van der Waals surface area contributed by atoms with Crippen LogP contribution in [0.5, 0.6) is 5.75 Å². The van der Waals surface area contributed by atoms with Crippen LogP contribution in [0.25, 0.3) is 0 Å². The summed E-state index contributed by atoms with van der Waals surface area (Å²) in [5.74, 6) is -0.554. The second kappa shape index (κ2) is 2.70. The van der Waals surface area contributed by atoms with Crippen LogP contribution in [0.1, 0.15) is 11.8 Å². The van der Waals surface area contributed by atoms with Gasteiger partial charge in [0, 0.05) is 0 Å². The molecule has 0 bridgehead atoms. The number of carbonyl (C=O) groups is 1. The maximum absolute atomic E-state index is 13.1. The predicted octanol–water partition coefficient (Wildman–Crippen LogP) is 0.919. The van der Waals surface area contributed by atoms with Crippen LogP contribution in [0.15, 0.2) is 18.2 Å². The number of hydrogen-bond acceptors (Lipinski definition) is 3. The Hall–Kier alpha value is -1.62. The van der Waals surface area contributed by atoms with Crippen LogP contribution < -0.4 is 10.1 Å². The number of benzene rings is 1. The van der Waals surface area contributed by atoms with E-state index in [2.05, 4.69) is 4.74 Å². The van der Waals surface area contributed by atoms with Crippen molar-refractivity contribution in [2.24, 2.45) is 0 Å². The quantitative estimate of drug-likeness (QED) is 0.628. The minimum absolute atomic E-state index is 0.0397. The number of nitrogens with one attached hydrogen (secondary N) is 1. The molecular weight excluding hydrogens is 177 g/mol. The number of hydrogen-bond donors (Lipinski definition) is 2. The molecule has 4 nitrogen and oxygen atoms in total. The van der Waals surface area contributed by atoms with E-state index in [4.69, 9.17) is 0 Å². The number of fused-ring (bicyclic) bond motifs is 1. The number of halogens is 1. The fourth-order valence-corrected chi connectivity index (χ4v) is 1.18. The van der Waals surface area contributed by atoms with Gasteiger partial charge in [0.15, 0.2) is 6.23 Å². The molecule has 68 valence electrons. The highest BCUT2D eigenvalue weighted by Gasteiger charge is 2.26. The number of aliphatic hydroxyl groups excluding tert-OH is 1. The predicted molar refractivity (Wildman–Crippen MR) is 40.5 cm³/mol. The van der Waals surface area contributed by atoms with Crippen LogP contribution >= 0.6 is 0 Å². The average molecular weight is 183 g/mol. The molecule has 1 aliphatic heterocycles. The summed E-state index contributed by atoms with van der Waals surface area (Å²) in [5.41, 5.74) is -0.0397. The molecule has 5 heteroatoms. The first kappa shape index (κ1) is 8.00. The van der Waals surface area contributed by atoms with E-state index in [1.807, 2.05) is 5.32 Å². The monoisotopic (exact) mass is 183 g/mol. The van der Waals surface area contributed by atoms with Crippen LogP contribution in [-0.4, -0.2) is 11.2 Å². The van der Waals surface area contributed by atoms with Crippen molar-refractivity contribution in [1.29, 1.82) is 0 Å². The van der Waals surface area contributed by atoms with E-state index in [1.54, 1.807) is 0 Å². The van der Waals surface area contributed by atoms with E-state index in [-0.39, 0.29) is 11.3 Å². The third-order valence-electron chi connectivity index (χ3n) is 1.74. The molecule has 0 aromatic heterocycles. The van der Waals surface area contributed by atoms with Crippen molar-refractivity contribution in [2.75, 3.05) is 0 Å². The lowest BCUT2D eigenvalue weighted by molar-refractivity contribution is 0.105. The van der Waals surface area contributed by atoms with Crippen molar-refractivity contribution in [3.8, 4) is 5.75 Å². The van der Waals surface area contributed by atoms with Gasteiger partial charge in [0.1, 0.15) is 11.6 Å². The van der Waals surface area contributed by atoms with Gasteiger partial charge in [0.2, 0.25) is 0 Å². The van der Waals surface area contributed by atoms with E-state index in [9.17, 15) is 14.3 Å². The number of ether oxygens (including phenoxy) is 1. The Morgan fingerprint density at radius 1 is 1.54 bits per heavy atom. The van der Waals surface area contributed by atoms with Crippen molar-refractivity contribution in [2.45, 2.75) is 6.23 Å². The van der Waals surface area contributed by atoms with E-state index < -0.39 is 18.1 Å². The molecule has 1 aliphatic rings. The van der Waals surface area contributed by atoms with Gasteiger partial charge in [-0.25, -0.2) is 9.18 Å². The van der Waals surface area contributed by atoms with Crippen molar-refractivity contribution < 1.29 is 19.0 Å². The summed E-state index contributed by atoms with van der Waals surface area (Å²) in [6, 6.07) is 4.00. The van der Waals surface area contributed by atoms with Crippen LogP contribution in [0.2, 0.25) is 0 Å². The molecule has 2 N–H and O–H groups in total. The minimum Gasteiger partial charge on any atom is -0.410 e. The summed E-state index contributed by atoms with van der Waals surface area (Å²) in [6.07, 6.45) is -2.12. The number of aliphatic hydroxyl groups is 1. The van der Waals surface area contributed by atoms with Crippen LogP contribution in [0.3, 0.4) is 0 Å². The molecule has 1 amide bonds. The summed E-state index contributed by atoms with van der Waals surface area (Å²) in [6.45, 7) is 0. The Balaban J connectivity index is 2.55. The van der Waals surface area contributed by atoms with Gasteiger partial charge in [0.25, 0.3) is 0 Å². The molecule has 0 aliphatic carbocycles. The molecule has 13 heavy (non-hydrogen) atoms. The summed E-state index contributed by atoms with van der Waals surface area (Å²) in [7, 11) is 0. The minimum atomic E-state index is -1.34. The Kier molecular flexibility index (Phi) is 1.66. The maximum Gasteiger partial charge on any atom is 0.414 e. The molecule has 0 saturated carbocycles. The van der Waals surface area contributed by atoms with Crippen molar-refractivity contribution in [3.63, 3.8) is 0 Å². The van der Waals surface area contributed by atoms with E-state index >= 15 is 0 Å². The molecule has 1 aromatic rings. The number of rotatable bonds is 0. The first-order chi connectivity index (χ1) is 6.18. The molecule has 1 heterocycles. The Morgan fingerprint density at radius 3 is 3.08 bits per heavy atom. The SMILES string of the molecule is O=C1N[C@H](O)c2c(F)cccc2O1. The smallest absolute Gasteiger partial charge is 0.410 e. The van der Waals surface area contributed by atoms with Gasteiger partial charge in [-0.2, -0.15) is 0 Å². The molecule has 1 atom stereocenters. The number of carbonyl (C=O) groups excluding carboxylic acids is 1. The first-order valence-electron chi connectivity index (χ1n) is 3.63. The zero-order valence-electron chi connectivity index (χ0n) is 6.45. The third kappa shape index (κ3) is 1.23. The molecule has 0 radical (unpaired) electrons. The zero-order valence-corrected chi connectivity index (χ0v) is 6.45. The second-order valence-electron chi connectivity index (χ2n) is 2.59. The summed E-state index contributed by atoms with van der Waals surface area (Å²) in [4.78, 5) is 10.7. The van der Waals surface area contributed by atoms with Crippen molar-refractivity contribution in [3.05, 3.63) is 29.6 Å². The molecule has 0 unspecified atom stereocenters. The van der Waals surface area contributed by atoms with Gasteiger partial charge in [-0.05, 0) is 12.1 Å². The van der Waals surface area contributed by atoms with E-state index in [0.29, 0.717) is 0 Å².